The van der Waals surface area contributed by atoms with E-state index in [2.05, 4.69) is 74.9 Å². The lowest BCUT2D eigenvalue weighted by molar-refractivity contribution is 0.0927. The van der Waals surface area contributed by atoms with Crippen LogP contribution in [0.4, 0.5) is 0 Å². The average Bonchev–Trinajstić information content (AvgIpc) is 0.817. The third-order valence-corrected chi connectivity index (χ3v) is 25.2. The summed E-state index contributed by atoms with van der Waals surface area (Å²) in [5, 5.41) is 32.7. The summed E-state index contributed by atoms with van der Waals surface area (Å²) >= 11 is 0. The minimum atomic E-state index is -0.314. The minimum Gasteiger partial charge on any atom is -0.490 e. The Kier molecular flexibility index (Phi) is 67.7. The van der Waals surface area contributed by atoms with Gasteiger partial charge in [-0.1, -0.05) is 437 Å². The highest BCUT2D eigenvalue weighted by Crippen LogP contribution is 2.42. The van der Waals surface area contributed by atoms with Crippen LogP contribution < -0.4 is 49.7 Å². The lowest BCUT2D eigenvalue weighted by atomic mass is 10.00. The molecule has 132 heavy (non-hydrogen) atoms. The highest BCUT2D eigenvalue weighted by atomic mass is 16.5. The summed E-state index contributed by atoms with van der Waals surface area (Å²) in [5.74, 6) is 2.00. The van der Waals surface area contributed by atoms with Gasteiger partial charge in [-0.25, -0.2) is 0 Å². The van der Waals surface area contributed by atoms with Crippen molar-refractivity contribution in [2.24, 2.45) is 0 Å². The quantitative estimate of drug-likeness (QED) is 0.0162. The molecule has 734 valence electrons. The second-order valence-corrected chi connectivity index (χ2v) is 37.0. The zero-order valence-corrected chi connectivity index (χ0v) is 83.9. The molecule has 0 heterocycles. The number of carbonyl (C=O) groups is 4. The molecule has 0 bridgehead atoms. The van der Waals surface area contributed by atoms with Crippen molar-refractivity contribution in [2.75, 3.05) is 65.8 Å². The minimum absolute atomic E-state index is 0.180. The van der Waals surface area contributed by atoms with E-state index in [9.17, 15) is 29.7 Å². The van der Waals surface area contributed by atoms with Crippen LogP contribution >= 0.6 is 0 Å². The Morgan fingerprint density at radius 3 is 0.583 bits per heavy atom. The molecular formula is C116H180N6O10. The molecule has 5 aromatic rings. The molecule has 0 aromatic heterocycles. The van der Waals surface area contributed by atoms with Gasteiger partial charge in [0.05, 0.1) is 62.9 Å². The zero-order chi connectivity index (χ0) is 94.3. The maximum atomic E-state index is 14.1. The van der Waals surface area contributed by atoms with Gasteiger partial charge in [0.1, 0.15) is 0 Å². The van der Waals surface area contributed by atoms with E-state index in [-0.39, 0.29) is 49.8 Å². The van der Waals surface area contributed by atoms with E-state index in [1.165, 1.54) is 308 Å². The van der Waals surface area contributed by atoms with Crippen molar-refractivity contribution in [1.82, 2.24) is 21.3 Å². The number of nitrogens with one attached hydrogen (secondary N) is 4. The first-order valence-electron chi connectivity index (χ1n) is 53.8. The Labute approximate surface area is 802 Å². The summed E-state index contributed by atoms with van der Waals surface area (Å²) in [6, 6.07) is 33.1. The van der Waals surface area contributed by atoms with Crippen LogP contribution in [0.25, 0.3) is 23.3 Å². The van der Waals surface area contributed by atoms with E-state index >= 15 is 0 Å². The molecule has 0 saturated carbocycles. The van der Waals surface area contributed by atoms with Crippen molar-refractivity contribution >= 4 is 46.9 Å². The molecule has 0 fully saturated rings. The second-order valence-electron chi connectivity index (χ2n) is 37.0. The molecule has 0 atom stereocenters. The van der Waals surface area contributed by atoms with Gasteiger partial charge in [0.25, 0.3) is 23.6 Å². The van der Waals surface area contributed by atoms with Crippen LogP contribution in [-0.4, -0.2) is 89.4 Å². The van der Waals surface area contributed by atoms with Gasteiger partial charge in [-0.15, -0.1) is 0 Å². The van der Waals surface area contributed by atoms with E-state index < -0.39 is 0 Å². The van der Waals surface area contributed by atoms with Gasteiger partial charge in [-0.2, -0.15) is 10.5 Å². The van der Waals surface area contributed by atoms with Crippen molar-refractivity contribution in [1.29, 1.82) is 10.5 Å². The summed E-state index contributed by atoms with van der Waals surface area (Å²) in [4.78, 5) is 55.4. The molecule has 4 N–H and O–H groups in total. The van der Waals surface area contributed by atoms with Crippen molar-refractivity contribution < 1.29 is 47.6 Å². The third kappa shape index (κ3) is 53.4. The molecule has 16 heteroatoms. The first kappa shape index (κ1) is 114. The number of hydrogen-bond acceptors (Lipinski definition) is 12. The monoisotopic (exact) mass is 1820 g/mol. The SMILES string of the molecule is CCCCCCCCCCCCOc1cc(C(=O)NCCNC(=O)c2ccc(/C(C#N)=C/c3ccc(/C=C(/C#N)c4ccc(C(=O)NCCNC(=O)c5cc(OCCCCCCCCCCCC)c(OCCCCCCCCCCCC)c(OCCCCCCCCCCCC)c5)cc4)cc3)cc2)cc(OCCCCCCCCCCCC)c1OCCCCCCCCCCCC. The number of ether oxygens (including phenoxy) is 6. The van der Waals surface area contributed by atoms with Crippen molar-refractivity contribution in [3.8, 4) is 46.6 Å². The highest BCUT2D eigenvalue weighted by molar-refractivity contribution is 5.99. The van der Waals surface area contributed by atoms with E-state index in [1.54, 1.807) is 84.9 Å². The van der Waals surface area contributed by atoms with Crippen molar-refractivity contribution in [3.05, 3.63) is 142 Å². The van der Waals surface area contributed by atoms with Crippen molar-refractivity contribution in [2.45, 2.75) is 427 Å². The summed E-state index contributed by atoms with van der Waals surface area (Å²) < 4.78 is 39.5. The van der Waals surface area contributed by atoms with E-state index in [4.69, 9.17) is 28.4 Å². The maximum Gasteiger partial charge on any atom is 0.251 e. The zero-order valence-electron chi connectivity index (χ0n) is 83.9. The standard InChI is InChI=1S/C116H180N6O10/c1-7-13-19-25-31-37-43-49-55-61-83-127-107-91-103(92-108(128-84-62-56-50-44-38-32-26-20-14-8-2)111(107)131-87-65-59-53-47-41-35-29-23-17-11-5)115(125)121-81-79-119-113(123)101-75-71-99(72-76-101)105(95-117)89-97-67-69-98(70-68-97)90-106(96-118)100-73-77-102(78-74-100)114(124)120-80-82-122-116(126)104-93-109(129-85-63-57-51-45-39-33-27-21-15-9-3)112(132-88-66-60-54-48-42-36-30-24-18-12-6)110(94-104)130-86-64-58-52-46-40-34-28-22-16-10-4/h67-78,89-94H,7-66,79-88H2,1-6H3,(H,119,123)(H,120,124)(H,121,125)(H,122,126)/b105-89-,106-90+. The molecule has 0 aliphatic rings. The Hall–Kier alpha value is -8.76. The van der Waals surface area contributed by atoms with Gasteiger partial charge >= 0.3 is 0 Å². The van der Waals surface area contributed by atoms with Crippen LogP contribution in [0.3, 0.4) is 0 Å². The molecule has 0 aliphatic heterocycles. The fourth-order valence-corrected chi connectivity index (χ4v) is 16.8. The van der Waals surface area contributed by atoms with Crippen LogP contribution in [0.15, 0.2) is 97.1 Å². The molecule has 5 aromatic carbocycles. The molecule has 16 nitrogen and oxygen atoms in total. The molecule has 0 unspecified atom stereocenters. The Bertz CT molecular complexity index is 3590. The lowest BCUT2D eigenvalue weighted by Gasteiger charge is -2.19. The predicted molar refractivity (Wildman–Crippen MR) is 553 cm³/mol. The summed E-state index contributed by atoms with van der Waals surface area (Å²) in [6.45, 7) is 17.4. The molecular weight excluding hydrogens is 1640 g/mol. The molecule has 0 saturated heterocycles. The molecule has 0 radical (unpaired) electrons. The molecule has 0 spiro atoms. The Morgan fingerprint density at radius 1 is 0.227 bits per heavy atom. The maximum absolute atomic E-state index is 14.1. The van der Waals surface area contributed by atoms with Crippen molar-refractivity contribution in [3.63, 3.8) is 0 Å². The Morgan fingerprint density at radius 2 is 0.394 bits per heavy atom. The average molecular weight is 1820 g/mol. The topological polar surface area (TPSA) is 219 Å². The lowest BCUT2D eigenvalue weighted by Crippen LogP contribution is -2.34. The number of hydrogen-bond donors (Lipinski definition) is 4. The third-order valence-electron chi connectivity index (χ3n) is 25.2. The molecule has 4 amide bonds. The largest absolute Gasteiger partial charge is 0.490 e. The van der Waals surface area contributed by atoms with Gasteiger partial charge < -0.3 is 49.7 Å². The van der Waals surface area contributed by atoms with Gasteiger partial charge in [0.15, 0.2) is 23.0 Å². The number of amides is 4. The number of nitrogens with zero attached hydrogens (tertiary/aromatic N) is 2. The van der Waals surface area contributed by atoms with E-state index in [0.29, 0.717) is 119 Å². The van der Waals surface area contributed by atoms with Crippen LogP contribution in [0.1, 0.15) is 490 Å². The summed E-state index contributed by atoms with van der Waals surface area (Å²) in [7, 11) is 0. The first-order chi connectivity index (χ1) is 65.0. The van der Waals surface area contributed by atoms with E-state index in [1.807, 2.05) is 24.3 Å². The number of nitriles is 2. The molecule has 5 rings (SSSR count). The summed E-state index contributed by atoms with van der Waals surface area (Å²) in [6.07, 6.45) is 76.9. The van der Waals surface area contributed by atoms with Gasteiger partial charge in [0.2, 0.25) is 11.5 Å². The predicted octanol–water partition coefficient (Wildman–Crippen LogP) is 31.9. The normalized spacial score (nSPS) is 11.5. The van der Waals surface area contributed by atoms with E-state index in [0.717, 1.165) is 88.2 Å². The fraction of sp³-hybridized carbons (Fsp3) is 0.655. The second kappa shape index (κ2) is 78.6. The highest BCUT2D eigenvalue weighted by Gasteiger charge is 2.23. The van der Waals surface area contributed by atoms with Crippen LogP contribution in [0.2, 0.25) is 0 Å². The molecule has 0 aliphatic carbocycles. The number of carbonyl (C=O) groups excluding carboxylic acids is 4. The smallest absolute Gasteiger partial charge is 0.251 e. The number of rotatable bonds is 86. The number of unbranched alkanes of at least 4 members (excludes halogenated alkanes) is 54. The fourth-order valence-electron chi connectivity index (χ4n) is 16.8. The van der Waals surface area contributed by atoms with Gasteiger partial charge in [0, 0.05) is 48.4 Å². The van der Waals surface area contributed by atoms with Gasteiger partial charge in [-0.3, -0.25) is 19.2 Å². The number of benzene rings is 5. The van der Waals surface area contributed by atoms with Gasteiger partial charge in [-0.05, 0) is 121 Å². The first-order valence-corrected chi connectivity index (χ1v) is 53.8. The van der Waals surface area contributed by atoms with Crippen LogP contribution in [0, 0.1) is 22.7 Å². The summed E-state index contributed by atoms with van der Waals surface area (Å²) in [5.41, 5.74) is 5.23. The Balaban J connectivity index is 1.17. The number of allylic oxidation sites excluding steroid dienone is 2. The van der Waals surface area contributed by atoms with Crippen LogP contribution in [0.5, 0.6) is 34.5 Å². The van der Waals surface area contributed by atoms with Crippen LogP contribution in [-0.2, 0) is 0 Å².